The Kier molecular flexibility index (Phi) is 4.28. The maximum Gasteiger partial charge on any atom is 0.283 e. The van der Waals surface area contributed by atoms with Crippen LogP contribution in [0.3, 0.4) is 0 Å². The van der Waals surface area contributed by atoms with Gasteiger partial charge in [-0.05, 0) is 13.0 Å². The first kappa shape index (κ1) is 13.7. The van der Waals surface area contributed by atoms with E-state index < -0.39 is 0 Å². The highest BCUT2D eigenvalue weighted by Crippen LogP contribution is 2.19. The standard InChI is InChI=1S/C12H11BrN4OS/c1-7-10(19-12(14)16-7)11(18)17-15-6-8-4-2-3-5-9(8)13/h2-6H,1H3,(H2,14,16)(H,17,18)/b15-6+. The summed E-state index contributed by atoms with van der Waals surface area (Å²) in [5.74, 6) is -0.310. The summed E-state index contributed by atoms with van der Waals surface area (Å²) >= 11 is 4.54. The molecule has 5 nitrogen and oxygen atoms in total. The second kappa shape index (κ2) is 5.94. The van der Waals surface area contributed by atoms with Gasteiger partial charge in [-0.1, -0.05) is 45.5 Å². The molecule has 0 aliphatic heterocycles. The van der Waals surface area contributed by atoms with Crippen LogP contribution < -0.4 is 11.2 Å². The third-order valence-corrected chi connectivity index (χ3v) is 4.00. The maximum atomic E-state index is 11.8. The molecule has 0 radical (unpaired) electrons. The zero-order chi connectivity index (χ0) is 13.8. The van der Waals surface area contributed by atoms with E-state index in [0.29, 0.717) is 15.7 Å². The molecule has 19 heavy (non-hydrogen) atoms. The number of nitrogen functional groups attached to an aromatic ring is 1. The lowest BCUT2D eigenvalue weighted by molar-refractivity contribution is 0.0958. The normalized spacial score (nSPS) is 10.8. The summed E-state index contributed by atoms with van der Waals surface area (Å²) in [6, 6.07) is 7.58. The molecule has 0 unspecified atom stereocenters. The van der Waals surface area contributed by atoms with Crippen molar-refractivity contribution < 1.29 is 4.79 Å². The largest absolute Gasteiger partial charge is 0.375 e. The quantitative estimate of drug-likeness (QED) is 0.666. The zero-order valence-electron chi connectivity index (χ0n) is 10.1. The van der Waals surface area contributed by atoms with Crippen LogP contribution in [0, 0.1) is 6.92 Å². The Morgan fingerprint density at radius 2 is 2.26 bits per heavy atom. The van der Waals surface area contributed by atoms with E-state index in [4.69, 9.17) is 5.73 Å². The molecule has 1 aromatic heterocycles. The zero-order valence-corrected chi connectivity index (χ0v) is 12.5. The molecule has 1 heterocycles. The van der Waals surface area contributed by atoms with Gasteiger partial charge in [0.2, 0.25) is 0 Å². The van der Waals surface area contributed by atoms with Crippen molar-refractivity contribution in [1.82, 2.24) is 10.4 Å². The van der Waals surface area contributed by atoms with E-state index in [0.717, 1.165) is 21.4 Å². The van der Waals surface area contributed by atoms with Crippen LogP contribution in [-0.4, -0.2) is 17.1 Å². The lowest BCUT2D eigenvalue weighted by Gasteiger charge is -1.98. The molecule has 0 bridgehead atoms. The number of benzene rings is 1. The van der Waals surface area contributed by atoms with E-state index in [9.17, 15) is 4.79 Å². The van der Waals surface area contributed by atoms with Gasteiger partial charge in [-0.25, -0.2) is 10.4 Å². The number of carbonyl (C=O) groups excluding carboxylic acids is 1. The predicted molar refractivity (Wildman–Crippen MR) is 80.5 cm³/mol. The Balaban J connectivity index is 2.05. The lowest BCUT2D eigenvalue weighted by atomic mass is 10.2. The summed E-state index contributed by atoms with van der Waals surface area (Å²) in [5, 5.41) is 4.29. The van der Waals surface area contributed by atoms with Crippen LogP contribution >= 0.6 is 27.3 Å². The number of halogens is 1. The number of nitrogens with two attached hydrogens (primary N) is 1. The number of hydrogen-bond donors (Lipinski definition) is 2. The van der Waals surface area contributed by atoms with Crippen LogP contribution in [-0.2, 0) is 0 Å². The van der Waals surface area contributed by atoms with E-state index in [2.05, 4.69) is 31.4 Å². The second-order valence-electron chi connectivity index (χ2n) is 3.69. The van der Waals surface area contributed by atoms with Gasteiger partial charge >= 0.3 is 0 Å². The first-order valence-corrected chi connectivity index (χ1v) is 6.99. The van der Waals surface area contributed by atoms with Gasteiger partial charge in [0, 0.05) is 10.0 Å². The molecular formula is C12H11BrN4OS. The molecule has 0 atom stereocenters. The number of rotatable bonds is 3. The molecule has 3 N–H and O–H groups in total. The van der Waals surface area contributed by atoms with Crippen molar-refractivity contribution in [2.24, 2.45) is 5.10 Å². The molecule has 1 aromatic carbocycles. The van der Waals surface area contributed by atoms with E-state index in [1.165, 1.54) is 0 Å². The van der Waals surface area contributed by atoms with Crippen molar-refractivity contribution in [3.05, 3.63) is 44.9 Å². The number of carbonyl (C=O) groups is 1. The Hall–Kier alpha value is -1.73. The van der Waals surface area contributed by atoms with Gasteiger partial charge in [-0.3, -0.25) is 4.79 Å². The summed E-state index contributed by atoms with van der Waals surface area (Å²) in [6.07, 6.45) is 1.57. The van der Waals surface area contributed by atoms with Crippen molar-refractivity contribution in [3.63, 3.8) is 0 Å². The molecule has 7 heteroatoms. The van der Waals surface area contributed by atoms with Gasteiger partial charge in [-0.2, -0.15) is 5.10 Å². The number of hydrazone groups is 1. The third-order valence-electron chi connectivity index (χ3n) is 2.29. The van der Waals surface area contributed by atoms with Gasteiger partial charge in [-0.15, -0.1) is 0 Å². The minimum Gasteiger partial charge on any atom is -0.375 e. The molecule has 98 valence electrons. The van der Waals surface area contributed by atoms with Crippen LogP contribution in [0.4, 0.5) is 5.13 Å². The maximum absolute atomic E-state index is 11.8. The highest BCUT2D eigenvalue weighted by Gasteiger charge is 2.13. The number of nitrogens with zero attached hydrogens (tertiary/aromatic N) is 2. The topological polar surface area (TPSA) is 80.4 Å². The van der Waals surface area contributed by atoms with Crippen molar-refractivity contribution in [1.29, 1.82) is 0 Å². The summed E-state index contributed by atoms with van der Waals surface area (Å²) in [4.78, 5) is 16.3. The van der Waals surface area contributed by atoms with Gasteiger partial charge in [0.1, 0.15) is 4.88 Å². The molecule has 0 fully saturated rings. The van der Waals surface area contributed by atoms with Crippen molar-refractivity contribution >= 4 is 44.5 Å². The fraction of sp³-hybridized carbons (Fsp3) is 0.0833. The summed E-state index contributed by atoms with van der Waals surface area (Å²) < 4.78 is 0.909. The number of anilines is 1. The molecule has 0 saturated heterocycles. The molecular weight excluding hydrogens is 328 g/mol. The molecule has 2 rings (SSSR count). The average Bonchev–Trinajstić information content (AvgIpc) is 2.71. The van der Waals surface area contributed by atoms with Crippen LogP contribution in [0.1, 0.15) is 20.9 Å². The highest BCUT2D eigenvalue weighted by atomic mass is 79.9. The number of thiazole rings is 1. The summed E-state index contributed by atoms with van der Waals surface area (Å²) in [6.45, 7) is 1.74. The van der Waals surface area contributed by atoms with E-state index in [-0.39, 0.29) is 5.91 Å². The van der Waals surface area contributed by atoms with Gasteiger partial charge in [0.05, 0.1) is 11.9 Å². The summed E-state index contributed by atoms with van der Waals surface area (Å²) in [7, 11) is 0. The molecule has 1 amide bonds. The number of nitrogens with one attached hydrogen (secondary N) is 1. The van der Waals surface area contributed by atoms with Crippen LogP contribution in [0.2, 0.25) is 0 Å². The fourth-order valence-electron chi connectivity index (χ4n) is 1.42. The smallest absolute Gasteiger partial charge is 0.283 e. The average molecular weight is 339 g/mol. The van der Waals surface area contributed by atoms with Crippen molar-refractivity contribution in [2.75, 3.05) is 5.73 Å². The minimum atomic E-state index is -0.310. The molecule has 0 aliphatic rings. The lowest BCUT2D eigenvalue weighted by Crippen LogP contribution is -2.17. The molecule has 2 aromatic rings. The Labute approximate surface area is 122 Å². The van der Waals surface area contributed by atoms with Crippen molar-refractivity contribution in [3.8, 4) is 0 Å². The Bertz CT molecular complexity index is 638. The van der Waals surface area contributed by atoms with E-state index in [1.54, 1.807) is 13.1 Å². The number of hydrogen-bond acceptors (Lipinski definition) is 5. The van der Waals surface area contributed by atoms with Gasteiger partial charge in [0.15, 0.2) is 5.13 Å². The van der Waals surface area contributed by atoms with Crippen LogP contribution in [0.15, 0.2) is 33.8 Å². The predicted octanol–water partition coefficient (Wildman–Crippen LogP) is 2.56. The second-order valence-corrected chi connectivity index (χ2v) is 5.57. The first-order valence-electron chi connectivity index (χ1n) is 5.39. The Morgan fingerprint density at radius 1 is 1.53 bits per heavy atom. The molecule has 0 spiro atoms. The first-order chi connectivity index (χ1) is 9.08. The third kappa shape index (κ3) is 3.39. The Morgan fingerprint density at radius 3 is 2.89 bits per heavy atom. The number of aryl methyl sites for hydroxylation is 1. The summed E-state index contributed by atoms with van der Waals surface area (Å²) in [5.41, 5.74) is 9.48. The van der Waals surface area contributed by atoms with Crippen LogP contribution in [0.5, 0.6) is 0 Å². The van der Waals surface area contributed by atoms with E-state index >= 15 is 0 Å². The number of amides is 1. The number of aromatic nitrogens is 1. The van der Waals surface area contributed by atoms with Crippen molar-refractivity contribution in [2.45, 2.75) is 6.92 Å². The molecule has 0 aliphatic carbocycles. The monoisotopic (exact) mass is 338 g/mol. The van der Waals surface area contributed by atoms with Crippen LogP contribution in [0.25, 0.3) is 0 Å². The fourth-order valence-corrected chi connectivity index (χ4v) is 2.53. The van der Waals surface area contributed by atoms with Gasteiger partial charge in [0.25, 0.3) is 5.91 Å². The van der Waals surface area contributed by atoms with E-state index in [1.807, 2.05) is 24.3 Å². The molecule has 0 saturated carbocycles. The van der Waals surface area contributed by atoms with Gasteiger partial charge < -0.3 is 5.73 Å². The SMILES string of the molecule is Cc1nc(N)sc1C(=O)N/N=C/c1ccccc1Br. The highest BCUT2D eigenvalue weighted by molar-refractivity contribution is 9.10. The minimum absolute atomic E-state index is 0.310.